The Hall–Kier alpha value is -1.06. The normalized spacial score (nSPS) is 18.4. The molecule has 0 radical (unpaired) electrons. The fourth-order valence-corrected chi connectivity index (χ4v) is 3.94. The molecule has 0 spiro atoms. The fraction of sp³-hybridized carbons (Fsp3) is 0.889. The average Bonchev–Trinajstić information content (AvgIpc) is 2.29. The van der Waals surface area contributed by atoms with Gasteiger partial charge in [0, 0.05) is 0 Å². The molecule has 0 amide bonds. The van der Waals surface area contributed by atoms with Crippen LogP contribution in [-0.4, -0.2) is 22.2 Å². The molecule has 0 saturated heterocycles. The van der Waals surface area contributed by atoms with Gasteiger partial charge in [-0.25, -0.2) is 0 Å². The summed E-state index contributed by atoms with van der Waals surface area (Å²) >= 11 is 0. The maximum absolute atomic E-state index is 12.3. The lowest BCUT2D eigenvalue weighted by Gasteiger charge is -2.49. The number of aliphatic carboxylic acids is 2. The number of carbonyl (C=O) groups is 2. The summed E-state index contributed by atoms with van der Waals surface area (Å²) in [6.07, 6.45) is 1.33. The molecule has 0 aliphatic rings. The van der Waals surface area contributed by atoms with Gasteiger partial charge in [0.25, 0.3) is 0 Å². The first kappa shape index (κ1) is 20.9. The van der Waals surface area contributed by atoms with Crippen molar-refractivity contribution < 1.29 is 19.8 Å². The van der Waals surface area contributed by atoms with Crippen LogP contribution in [0.15, 0.2) is 0 Å². The Morgan fingerprint density at radius 3 is 1.00 bits per heavy atom. The predicted molar refractivity (Wildman–Crippen MR) is 88.9 cm³/mol. The van der Waals surface area contributed by atoms with E-state index >= 15 is 0 Å². The van der Waals surface area contributed by atoms with Gasteiger partial charge in [0.2, 0.25) is 0 Å². The summed E-state index contributed by atoms with van der Waals surface area (Å²) in [5.74, 6) is -1.98. The van der Waals surface area contributed by atoms with Crippen LogP contribution in [-0.2, 0) is 9.59 Å². The topological polar surface area (TPSA) is 74.6 Å². The zero-order chi connectivity index (χ0) is 18.0. The molecule has 4 nitrogen and oxygen atoms in total. The largest absolute Gasteiger partial charge is 0.481 e. The molecule has 0 aromatic rings. The lowest BCUT2D eigenvalue weighted by atomic mass is 9.52. The summed E-state index contributed by atoms with van der Waals surface area (Å²) in [6, 6.07) is 0. The highest BCUT2D eigenvalue weighted by Gasteiger charge is 2.61. The van der Waals surface area contributed by atoms with Crippen molar-refractivity contribution in [2.45, 2.75) is 81.1 Å². The van der Waals surface area contributed by atoms with Gasteiger partial charge in [-0.3, -0.25) is 9.59 Å². The van der Waals surface area contributed by atoms with E-state index in [4.69, 9.17) is 0 Å². The third kappa shape index (κ3) is 4.23. The van der Waals surface area contributed by atoms with E-state index in [9.17, 15) is 19.8 Å². The zero-order valence-corrected chi connectivity index (χ0v) is 15.5. The SMILES string of the molecule is CCC(CC(C)(C)C)(C(=O)O)C(CC)(CC(C)(C)C)C(=O)O. The first-order valence-corrected chi connectivity index (χ1v) is 8.14. The Morgan fingerprint density at radius 1 is 0.682 bits per heavy atom. The Bertz CT molecular complexity index is 374. The minimum absolute atomic E-state index is 0.262. The minimum Gasteiger partial charge on any atom is -0.481 e. The molecule has 0 fully saturated rings. The van der Waals surface area contributed by atoms with Crippen LogP contribution in [0, 0.1) is 21.7 Å². The van der Waals surface area contributed by atoms with Crippen LogP contribution in [0.2, 0.25) is 0 Å². The molecule has 2 atom stereocenters. The Labute approximate surface area is 135 Å². The molecule has 130 valence electrons. The summed E-state index contributed by atoms with van der Waals surface area (Å²) < 4.78 is 0. The van der Waals surface area contributed by atoms with Gasteiger partial charge < -0.3 is 10.2 Å². The van der Waals surface area contributed by atoms with Gasteiger partial charge in [-0.15, -0.1) is 0 Å². The Balaban J connectivity index is 6.41. The highest BCUT2D eigenvalue weighted by molar-refractivity contribution is 5.86. The standard InChI is InChI=1S/C18H34O4/c1-9-17(13(19)20,11-15(3,4)5)18(10-2,14(21)22)12-16(6,7)8/h9-12H2,1-8H3,(H,19,20)(H,21,22). The maximum Gasteiger partial charge on any atom is 0.310 e. The Kier molecular flexibility index (Phi) is 6.27. The van der Waals surface area contributed by atoms with E-state index in [1.54, 1.807) is 13.8 Å². The quantitative estimate of drug-likeness (QED) is 0.706. The molecule has 22 heavy (non-hydrogen) atoms. The molecular weight excluding hydrogens is 280 g/mol. The lowest BCUT2D eigenvalue weighted by Crippen LogP contribution is -2.55. The third-order valence-electron chi connectivity index (χ3n) is 4.61. The second-order valence-electron chi connectivity index (χ2n) is 8.96. The molecule has 0 aromatic heterocycles. The first-order chi connectivity index (χ1) is 9.67. The summed E-state index contributed by atoms with van der Waals surface area (Å²) in [5.41, 5.74) is -3.05. The van der Waals surface area contributed by atoms with Crippen molar-refractivity contribution in [3.8, 4) is 0 Å². The van der Waals surface area contributed by atoms with Crippen molar-refractivity contribution in [2.75, 3.05) is 0 Å². The summed E-state index contributed by atoms with van der Waals surface area (Å²) in [7, 11) is 0. The third-order valence-corrected chi connectivity index (χ3v) is 4.61. The first-order valence-electron chi connectivity index (χ1n) is 8.14. The van der Waals surface area contributed by atoms with Crippen molar-refractivity contribution in [2.24, 2.45) is 21.7 Å². The van der Waals surface area contributed by atoms with E-state index in [0.717, 1.165) is 0 Å². The molecule has 0 rings (SSSR count). The van der Waals surface area contributed by atoms with Crippen molar-refractivity contribution in [3.05, 3.63) is 0 Å². The van der Waals surface area contributed by atoms with Gasteiger partial charge in [0.05, 0.1) is 10.8 Å². The van der Waals surface area contributed by atoms with E-state index in [-0.39, 0.29) is 10.8 Å². The van der Waals surface area contributed by atoms with E-state index in [1.807, 2.05) is 41.5 Å². The molecule has 0 heterocycles. The number of rotatable bonds is 7. The number of hydrogen-bond donors (Lipinski definition) is 2. The van der Waals surface area contributed by atoms with Gasteiger partial charge in [-0.1, -0.05) is 55.4 Å². The molecule has 0 saturated carbocycles. The fourth-order valence-electron chi connectivity index (χ4n) is 3.94. The molecule has 2 unspecified atom stereocenters. The highest BCUT2D eigenvalue weighted by atomic mass is 16.4. The summed E-state index contributed by atoms with van der Waals surface area (Å²) in [5, 5.41) is 20.1. The Morgan fingerprint density at radius 2 is 0.909 bits per heavy atom. The van der Waals surface area contributed by atoms with Gasteiger partial charge in [0.15, 0.2) is 0 Å². The number of hydrogen-bond acceptors (Lipinski definition) is 2. The van der Waals surface area contributed by atoms with E-state index in [2.05, 4.69) is 0 Å². The average molecular weight is 314 g/mol. The van der Waals surface area contributed by atoms with Crippen LogP contribution in [0.5, 0.6) is 0 Å². The smallest absolute Gasteiger partial charge is 0.310 e. The number of carboxylic acid groups (broad SMARTS) is 2. The molecule has 4 heteroatoms. The van der Waals surface area contributed by atoms with Crippen LogP contribution in [0.25, 0.3) is 0 Å². The van der Waals surface area contributed by atoms with Crippen molar-refractivity contribution in [3.63, 3.8) is 0 Å². The zero-order valence-electron chi connectivity index (χ0n) is 15.5. The van der Waals surface area contributed by atoms with Crippen LogP contribution in [0.3, 0.4) is 0 Å². The van der Waals surface area contributed by atoms with Gasteiger partial charge in [-0.2, -0.15) is 0 Å². The lowest BCUT2D eigenvalue weighted by molar-refractivity contribution is -0.182. The predicted octanol–water partition coefficient (Wildman–Crippen LogP) is 4.82. The summed E-state index contributed by atoms with van der Waals surface area (Å²) in [4.78, 5) is 24.5. The van der Waals surface area contributed by atoms with E-state index < -0.39 is 22.8 Å². The van der Waals surface area contributed by atoms with Crippen LogP contribution < -0.4 is 0 Å². The van der Waals surface area contributed by atoms with E-state index in [0.29, 0.717) is 25.7 Å². The highest BCUT2D eigenvalue weighted by Crippen LogP contribution is 2.56. The molecule has 2 N–H and O–H groups in total. The van der Waals surface area contributed by atoms with Gasteiger partial charge in [0.1, 0.15) is 0 Å². The summed E-state index contributed by atoms with van der Waals surface area (Å²) in [6.45, 7) is 15.4. The molecule has 0 bridgehead atoms. The molecule has 0 aromatic carbocycles. The molecular formula is C18H34O4. The monoisotopic (exact) mass is 314 g/mol. The second-order valence-corrected chi connectivity index (χ2v) is 8.96. The maximum atomic E-state index is 12.3. The van der Waals surface area contributed by atoms with Crippen molar-refractivity contribution in [1.29, 1.82) is 0 Å². The second kappa shape index (κ2) is 6.59. The molecule has 0 aliphatic heterocycles. The molecule has 0 aliphatic carbocycles. The van der Waals surface area contributed by atoms with Gasteiger partial charge >= 0.3 is 11.9 Å². The van der Waals surface area contributed by atoms with Gasteiger partial charge in [-0.05, 0) is 36.5 Å². The minimum atomic E-state index is -1.26. The van der Waals surface area contributed by atoms with Crippen molar-refractivity contribution in [1.82, 2.24) is 0 Å². The van der Waals surface area contributed by atoms with Crippen LogP contribution in [0.4, 0.5) is 0 Å². The van der Waals surface area contributed by atoms with Crippen LogP contribution >= 0.6 is 0 Å². The number of carboxylic acids is 2. The van der Waals surface area contributed by atoms with Crippen LogP contribution in [0.1, 0.15) is 81.1 Å². The van der Waals surface area contributed by atoms with Crippen molar-refractivity contribution >= 4 is 11.9 Å². The van der Waals surface area contributed by atoms with E-state index in [1.165, 1.54) is 0 Å².